The molecule has 0 radical (unpaired) electrons. The average Bonchev–Trinajstić information content (AvgIpc) is 3.35. The largest absolute Gasteiger partial charge is 0.507 e. The van der Waals surface area contributed by atoms with E-state index in [9.17, 15) is 27.9 Å². The molecule has 2 aromatic carbocycles. The van der Waals surface area contributed by atoms with E-state index in [1.807, 2.05) is 0 Å². The van der Waals surface area contributed by atoms with Crippen LogP contribution < -0.4 is 4.90 Å². The molecule has 3 aliphatic heterocycles. The molecular weight excluding hydrogens is 538 g/mol. The minimum atomic E-state index is -3.79. The highest BCUT2D eigenvalue weighted by atomic mass is 32.2. The molecule has 1 spiro atoms. The Morgan fingerprint density at radius 2 is 1.73 bits per heavy atom. The van der Waals surface area contributed by atoms with Gasteiger partial charge in [-0.15, -0.1) is 0 Å². The Balaban J connectivity index is 1.65. The quantitative estimate of drug-likeness (QED) is 0.220. The smallest absolute Gasteiger partial charge is 0.296 e. The van der Waals surface area contributed by atoms with E-state index in [0.717, 1.165) is 0 Å². The molecule has 12 heteroatoms. The van der Waals surface area contributed by atoms with Crippen molar-refractivity contribution >= 4 is 39.1 Å². The zero-order valence-electron chi connectivity index (χ0n) is 22.3. The van der Waals surface area contributed by atoms with Crippen molar-refractivity contribution in [2.45, 2.75) is 23.8 Å². The predicted molar refractivity (Wildman–Crippen MR) is 145 cm³/mol. The van der Waals surface area contributed by atoms with Crippen LogP contribution in [0.5, 0.6) is 0 Å². The van der Waals surface area contributed by atoms with Gasteiger partial charge in [-0.1, -0.05) is 18.2 Å². The first-order valence-corrected chi connectivity index (χ1v) is 14.5. The monoisotopic (exact) mass is 569 g/mol. The molecule has 2 saturated heterocycles. The number of methoxy groups -OCH3 is 1. The van der Waals surface area contributed by atoms with E-state index in [4.69, 9.17) is 9.47 Å². The number of hydrogen-bond donors (Lipinski definition) is 1. The van der Waals surface area contributed by atoms with Gasteiger partial charge in [0.2, 0.25) is 10.0 Å². The predicted octanol–water partition coefficient (Wildman–Crippen LogP) is 1.69. The Labute approximate surface area is 232 Å². The Morgan fingerprint density at radius 1 is 1.05 bits per heavy atom. The molecule has 3 aliphatic rings. The number of morpholine rings is 1. The number of benzene rings is 2. The summed E-state index contributed by atoms with van der Waals surface area (Å²) in [5, 5.41) is 11.6. The fourth-order valence-electron chi connectivity index (χ4n) is 5.71. The van der Waals surface area contributed by atoms with Crippen molar-refractivity contribution in [3.05, 3.63) is 65.2 Å². The van der Waals surface area contributed by atoms with Crippen LogP contribution in [0.3, 0.4) is 0 Å². The molecule has 3 heterocycles. The summed E-state index contributed by atoms with van der Waals surface area (Å²) in [6, 6.07) is 12.3. The van der Waals surface area contributed by atoms with Crippen molar-refractivity contribution < 1.29 is 37.4 Å². The van der Waals surface area contributed by atoms with Crippen LogP contribution in [0.1, 0.15) is 24.5 Å². The van der Waals surface area contributed by atoms with Gasteiger partial charge in [-0.3, -0.25) is 14.4 Å². The molecular formula is C28H31N3O8S. The Hall–Kier alpha value is -3.58. The van der Waals surface area contributed by atoms with Crippen LogP contribution >= 0.6 is 0 Å². The summed E-state index contributed by atoms with van der Waals surface area (Å²) in [6.07, 6.45) is 0.362. The first-order chi connectivity index (χ1) is 19.2. The lowest BCUT2D eigenvalue weighted by atomic mass is 9.82. The number of nitrogens with zero attached hydrogens (tertiary/aromatic N) is 3. The zero-order valence-corrected chi connectivity index (χ0v) is 23.1. The van der Waals surface area contributed by atoms with Gasteiger partial charge >= 0.3 is 0 Å². The maximum atomic E-state index is 14.2. The molecule has 40 heavy (non-hydrogen) atoms. The molecule has 0 aliphatic carbocycles. The third kappa shape index (κ3) is 4.14. The van der Waals surface area contributed by atoms with Crippen molar-refractivity contribution in [3.63, 3.8) is 0 Å². The number of carbonyl (C=O) groups excluding carboxylic acids is 3. The molecule has 1 atom stereocenters. The number of likely N-dealkylation sites (N-methyl/N-ethyl adjacent to an activating group) is 1. The number of ketones is 1. The number of likely N-dealkylation sites (tertiary alicyclic amines) is 1. The Bertz CT molecular complexity index is 1480. The lowest BCUT2D eigenvalue weighted by Crippen LogP contribution is -2.52. The molecule has 0 bridgehead atoms. The van der Waals surface area contributed by atoms with Gasteiger partial charge in [-0.2, -0.15) is 4.31 Å². The van der Waals surface area contributed by atoms with E-state index in [1.165, 1.54) is 45.5 Å². The normalized spacial score (nSPS) is 22.9. The molecule has 0 saturated carbocycles. The third-order valence-electron chi connectivity index (χ3n) is 7.59. The molecule has 0 aromatic heterocycles. The molecule has 5 rings (SSSR count). The van der Waals surface area contributed by atoms with Crippen LogP contribution in [0.2, 0.25) is 0 Å². The maximum absolute atomic E-state index is 14.2. The van der Waals surface area contributed by atoms with Crippen molar-refractivity contribution in [2.24, 2.45) is 0 Å². The zero-order chi connectivity index (χ0) is 28.7. The van der Waals surface area contributed by atoms with Gasteiger partial charge in [0.15, 0.2) is 5.54 Å². The summed E-state index contributed by atoms with van der Waals surface area (Å²) in [6.45, 7) is 3.47. The highest BCUT2D eigenvalue weighted by molar-refractivity contribution is 7.89. The maximum Gasteiger partial charge on any atom is 0.296 e. The van der Waals surface area contributed by atoms with E-state index >= 15 is 0 Å². The second-order valence-corrected chi connectivity index (χ2v) is 11.6. The minimum absolute atomic E-state index is 0.0140. The summed E-state index contributed by atoms with van der Waals surface area (Å²) in [5.41, 5.74) is -1.13. The number of hydrogen-bond acceptors (Lipinski definition) is 8. The van der Waals surface area contributed by atoms with Gasteiger partial charge in [0.25, 0.3) is 17.6 Å². The molecule has 1 N–H and O–H groups in total. The number of Topliss-reactive ketones (excluding diaryl/α,β-unsaturated/α-hetero) is 1. The number of aliphatic hydroxyl groups is 1. The summed E-state index contributed by atoms with van der Waals surface area (Å²) in [5.74, 6) is -2.95. The fraction of sp³-hybridized carbons (Fsp3) is 0.393. The van der Waals surface area contributed by atoms with Gasteiger partial charge < -0.3 is 24.4 Å². The average molecular weight is 570 g/mol. The van der Waals surface area contributed by atoms with Crippen LogP contribution in [0.4, 0.5) is 5.69 Å². The van der Waals surface area contributed by atoms with Gasteiger partial charge in [0, 0.05) is 51.0 Å². The van der Waals surface area contributed by atoms with Crippen molar-refractivity contribution in [1.29, 1.82) is 0 Å². The fourth-order valence-corrected chi connectivity index (χ4v) is 7.12. The van der Waals surface area contributed by atoms with Crippen molar-refractivity contribution in [3.8, 4) is 0 Å². The van der Waals surface area contributed by atoms with E-state index in [-0.39, 0.29) is 42.2 Å². The molecule has 2 aromatic rings. The summed E-state index contributed by atoms with van der Waals surface area (Å²) in [7, 11) is -2.28. The summed E-state index contributed by atoms with van der Waals surface area (Å²) >= 11 is 0. The number of carbonyl (C=O) groups is 3. The second kappa shape index (κ2) is 10.8. The SMILES string of the molecule is CCN1C(=O)C2(/C(=C(/O)c3ccc(S(=O)(=O)N4CCOCC4)cc3)C(=O)C(=O)N2CCCOC)c2ccccc21. The van der Waals surface area contributed by atoms with Gasteiger partial charge in [0.1, 0.15) is 5.76 Å². The number of sulfonamides is 1. The number of rotatable bonds is 8. The summed E-state index contributed by atoms with van der Waals surface area (Å²) < 4.78 is 37.9. The molecule has 2 fully saturated rings. The number of aliphatic hydroxyl groups excluding tert-OH is 1. The van der Waals surface area contributed by atoms with E-state index < -0.39 is 38.9 Å². The second-order valence-electron chi connectivity index (χ2n) is 9.67. The molecule has 2 amide bonds. The highest BCUT2D eigenvalue weighted by Gasteiger charge is 2.66. The Kier molecular flexibility index (Phi) is 7.53. The first kappa shape index (κ1) is 28.0. The standard InChI is InChI=1S/C28H31N3O8S/c1-3-30-22-8-5-4-7-21(22)28(27(30)35)23(25(33)26(34)31(28)13-6-16-38-2)24(32)19-9-11-20(12-10-19)40(36,37)29-14-17-39-18-15-29/h4-5,7-12,32H,3,6,13-18H2,1-2H3/b24-23+. The number of anilines is 1. The number of para-hydroxylation sites is 1. The third-order valence-corrected chi connectivity index (χ3v) is 9.50. The van der Waals surface area contributed by atoms with Gasteiger partial charge in [-0.05, 0) is 43.7 Å². The Morgan fingerprint density at radius 3 is 2.38 bits per heavy atom. The molecule has 11 nitrogen and oxygen atoms in total. The van der Waals surface area contributed by atoms with Crippen LogP contribution in [-0.2, 0) is 39.4 Å². The van der Waals surface area contributed by atoms with Crippen LogP contribution in [0.25, 0.3) is 5.76 Å². The summed E-state index contributed by atoms with van der Waals surface area (Å²) in [4.78, 5) is 43.9. The number of fused-ring (bicyclic) bond motifs is 2. The van der Waals surface area contributed by atoms with E-state index in [2.05, 4.69) is 0 Å². The van der Waals surface area contributed by atoms with Crippen LogP contribution in [-0.4, -0.2) is 93.4 Å². The molecule has 212 valence electrons. The van der Waals surface area contributed by atoms with Gasteiger partial charge in [0.05, 0.1) is 29.4 Å². The van der Waals surface area contributed by atoms with Crippen molar-refractivity contribution in [1.82, 2.24) is 9.21 Å². The van der Waals surface area contributed by atoms with E-state index in [0.29, 0.717) is 37.5 Å². The van der Waals surface area contributed by atoms with Crippen LogP contribution in [0.15, 0.2) is 59.0 Å². The minimum Gasteiger partial charge on any atom is -0.507 e. The molecule has 1 unspecified atom stereocenters. The van der Waals surface area contributed by atoms with Crippen LogP contribution in [0, 0.1) is 0 Å². The van der Waals surface area contributed by atoms with Gasteiger partial charge in [-0.25, -0.2) is 8.42 Å². The van der Waals surface area contributed by atoms with Crippen molar-refractivity contribution in [2.75, 3.05) is 58.0 Å². The topological polar surface area (TPSA) is 134 Å². The lowest BCUT2D eigenvalue weighted by molar-refractivity contribution is -0.143. The highest BCUT2D eigenvalue weighted by Crippen LogP contribution is 2.53. The number of amides is 2. The van der Waals surface area contributed by atoms with E-state index in [1.54, 1.807) is 31.2 Å². The first-order valence-electron chi connectivity index (χ1n) is 13.1. The number of ether oxygens (including phenoxy) is 2. The lowest BCUT2D eigenvalue weighted by Gasteiger charge is -2.34.